The predicted octanol–water partition coefficient (Wildman–Crippen LogP) is 2.17. The first kappa shape index (κ1) is 11.3. The number of aryl methyl sites for hydroxylation is 1. The number of aromatic nitrogens is 3. The fourth-order valence-electron chi connectivity index (χ4n) is 1.65. The molecule has 0 aliphatic carbocycles. The standard InChI is InChI=1S/C13H14N4/c14-9-5-4-8-13-11-17(16-15-13)10-12-6-2-1-3-7-12/h1-3,6-7,11H,4-5,8,10H2. The highest BCUT2D eigenvalue weighted by Crippen LogP contribution is 2.04. The summed E-state index contributed by atoms with van der Waals surface area (Å²) in [5.74, 6) is 0. The zero-order valence-corrected chi connectivity index (χ0v) is 9.58. The molecule has 1 aromatic carbocycles. The molecule has 2 aromatic rings. The van der Waals surface area contributed by atoms with E-state index in [9.17, 15) is 0 Å². The molecule has 0 amide bonds. The highest BCUT2D eigenvalue weighted by Gasteiger charge is 2.01. The Morgan fingerprint density at radius 3 is 2.82 bits per heavy atom. The summed E-state index contributed by atoms with van der Waals surface area (Å²) >= 11 is 0. The van der Waals surface area contributed by atoms with E-state index in [0.717, 1.165) is 25.1 Å². The van der Waals surface area contributed by atoms with Crippen LogP contribution in [0, 0.1) is 11.3 Å². The second kappa shape index (κ2) is 5.80. The Morgan fingerprint density at radius 1 is 1.24 bits per heavy atom. The molecule has 1 heterocycles. The van der Waals surface area contributed by atoms with Crippen LogP contribution in [0.15, 0.2) is 36.5 Å². The van der Waals surface area contributed by atoms with Gasteiger partial charge in [-0.15, -0.1) is 5.10 Å². The van der Waals surface area contributed by atoms with Gasteiger partial charge in [-0.2, -0.15) is 5.26 Å². The molecule has 4 heteroatoms. The summed E-state index contributed by atoms with van der Waals surface area (Å²) in [5, 5.41) is 16.6. The van der Waals surface area contributed by atoms with Crippen molar-refractivity contribution in [2.75, 3.05) is 0 Å². The van der Waals surface area contributed by atoms with Crippen molar-refractivity contribution >= 4 is 0 Å². The van der Waals surface area contributed by atoms with Crippen LogP contribution >= 0.6 is 0 Å². The molecule has 86 valence electrons. The van der Waals surface area contributed by atoms with E-state index in [1.54, 1.807) is 0 Å². The number of rotatable bonds is 5. The quantitative estimate of drug-likeness (QED) is 0.734. The zero-order chi connectivity index (χ0) is 11.9. The van der Waals surface area contributed by atoms with Gasteiger partial charge in [0.15, 0.2) is 0 Å². The van der Waals surface area contributed by atoms with E-state index in [-0.39, 0.29) is 0 Å². The molecule has 0 radical (unpaired) electrons. The summed E-state index contributed by atoms with van der Waals surface area (Å²) in [6.07, 6.45) is 4.19. The van der Waals surface area contributed by atoms with Crippen LogP contribution in [-0.4, -0.2) is 15.0 Å². The number of unbranched alkanes of at least 4 members (excludes halogenated alkanes) is 1. The summed E-state index contributed by atoms with van der Waals surface area (Å²) in [7, 11) is 0. The van der Waals surface area contributed by atoms with Gasteiger partial charge < -0.3 is 0 Å². The van der Waals surface area contributed by atoms with E-state index in [1.807, 2.05) is 29.1 Å². The Hall–Kier alpha value is -2.15. The lowest BCUT2D eigenvalue weighted by atomic mass is 10.2. The third-order valence-corrected chi connectivity index (χ3v) is 2.49. The van der Waals surface area contributed by atoms with Gasteiger partial charge in [-0.3, -0.25) is 0 Å². The van der Waals surface area contributed by atoms with Crippen LogP contribution in [0.1, 0.15) is 24.1 Å². The zero-order valence-electron chi connectivity index (χ0n) is 9.58. The Balaban J connectivity index is 1.93. The molecule has 0 saturated carbocycles. The van der Waals surface area contributed by atoms with Gasteiger partial charge >= 0.3 is 0 Å². The number of nitrogens with zero attached hydrogens (tertiary/aromatic N) is 4. The molecule has 1 aromatic heterocycles. The number of nitriles is 1. The molecule has 0 unspecified atom stereocenters. The van der Waals surface area contributed by atoms with Crippen molar-refractivity contribution in [1.29, 1.82) is 5.26 Å². The number of benzene rings is 1. The second-order valence-electron chi connectivity index (χ2n) is 3.90. The van der Waals surface area contributed by atoms with Gasteiger partial charge in [0.2, 0.25) is 0 Å². The van der Waals surface area contributed by atoms with Gasteiger partial charge in [-0.25, -0.2) is 4.68 Å². The lowest BCUT2D eigenvalue weighted by molar-refractivity contribution is 0.649. The summed E-state index contributed by atoms with van der Waals surface area (Å²) in [6, 6.07) is 12.3. The number of hydrogen-bond acceptors (Lipinski definition) is 3. The fourth-order valence-corrected chi connectivity index (χ4v) is 1.65. The van der Waals surface area contributed by atoms with Gasteiger partial charge in [-0.1, -0.05) is 35.5 Å². The van der Waals surface area contributed by atoms with E-state index in [2.05, 4.69) is 28.5 Å². The maximum absolute atomic E-state index is 8.45. The molecule has 4 nitrogen and oxygen atoms in total. The summed E-state index contributed by atoms with van der Waals surface area (Å²) in [6.45, 7) is 0.742. The Morgan fingerprint density at radius 2 is 2.06 bits per heavy atom. The molecular weight excluding hydrogens is 212 g/mol. The van der Waals surface area contributed by atoms with Crippen LogP contribution in [0.4, 0.5) is 0 Å². The first-order chi connectivity index (χ1) is 8.38. The van der Waals surface area contributed by atoms with E-state index in [4.69, 9.17) is 5.26 Å². The van der Waals surface area contributed by atoms with E-state index in [1.165, 1.54) is 5.56 Å². The second-order valence-corrected chi connectivity index (χ2v) is 3.90. The molecule has 0 N–H and O–H groups in total. The van der Waals surface area contributed by atoms with Gasteiger partial charge in [0.05, 0.1) is 18.3 Å². The minimum absolute atomic E-state index is 0.575. The average molecular weight is 226 g/mol. The van der Waals surface area contributed by atoms with Gasteiger partial charge in [-0.05, 0) is 18.4 Å². The Kier molecular flexibility index (Phi) is 3.87. The van der Waals surface area contributed by atoms with Crippen LogP contribution in [0.25, 0.3) is 0 Å². The van der Waals surface area contributed by atoms with Crippen molar-refractivity contribution in [3.05, 3.63) is 47.8 Å². The molecule has 0 spiro atoms. The topological polar surface area (TPSA) is 54.5 Å². The van der Waals surface area contributed by atoms with Crippen LogP contribution < -0.4 is 0 Å². The molecule has 0 saturated heterocycles. The van der Waals surface area contributed by atoms with Crippen LogP contribution in [0.5, 0.6) is 0 Å². The molecule has 17 heavy (non-hydrogen) atoms. The smallest absolute Gasteiger partial charge is 0.0827 e. The molecule has 0 fully saturated rings. The summed E-state index contributed by atoms with van der Waals surface area (Å²) in [4.78, 5) is 0. The molecule has 0 bridgehead atoms. The third-order valence-electron chi connectivity index (χ3n) is 2.49. The molecular formula is C13H14N4. The van der Waals surface area contributed by atoms with Gasteiger partial charge in [0.25, 0.3) is 0 Å². The molecule has 0 aliphatic heterocycles. The van der Waals surface area contributed by atoms with E-state index in [0.29, 0.717) is 6.42 Å². The van der Waals surface area contributed by atoms with E-state index >= 15 is 0 Å². The van der Waals surface area contributed by atoms with Crippen molar-refractivity contribution < 1.29 is 0 Å². The van der Waals surface area contributed by atoms with Crippen LogP contribution in [-0.2, 0) is 13.0 Å². The van der Waals surface area contributed by atoms with Crippen molar-refractivity contribution in [3.63, 3.8) is 0 Å². The Labute approximate surface area is 101 Å². The third kappa shape index (κ3) is 3.42. The van der Waals surface area contributed by atoms with Crippen LogP contribution in [0.3, 0.4) is 0 Å². The van der Waals surface area contributed by atoms with Crippen molar-refractivity contribution in [2.24, 2.45) is 0 Å². The monoisotopic (exact) mass is 226 g/mol. The first-order valence-corrected chi connectivity index (χ1v) is 5.68. The highest BCUT2D eigenvalue weighted by atomic mass is 15.4. The molecule has 0 atom stereocenters. The Bertz CT molecular complexity index is 496. The maximum Gasteiger partial charge on any atom is 0.0827 e. The minimum Gasteiger partial charge on any atom is -0.248 e. The largest absolute Gasteiger partial charge is 0.248 e. The predicted molar refractivity (Wildman–Crippen MR) is 64.1 cm³/mol. The summed E-state index contributed by atoms with van der Waals surface area (Å²) in [5.41, 5.74) is 2.16. The maximum atomic E-state index is 8.45. The normalized spacial score (nSPS) is 10.1. The number of hydrogen-bond donors (Lipinski definition) is 0. The SMILES string of the molecule is N#CCCCc1cn(Cc2ccccc2)nn1. The molecule has 2 rings (SSSR count). The average Bonchev–Trinajstić information content (AvgIpc) is 2.79. The minimum atomic E-state index is 0.575. The van der Waals surface area contributed by atoms with E-state index < -0.39 is 0 Å². The molecule has 0 aliphatic rings. The van der Waals surface area contributed by atoms with Crippen molar-refractivity contribution in [1.82, 2.24) is 15.0 Å². The first-order valence-electron chi connectivity index (χ1n) is 5.68. The van der Waals surface area contributed by atoms with Crippen molar-refractivity contribution in [3.8, 4) is 6.07 Å². The fraction of sp³-hybridized carbons (Fsp3) is 0.308. The lowest BCUT2D eigenvalue weighted by Gasteiger charge is -1.99. The van der Waals surface area contributed by atoms with Gasteiger partial charge in [0.1, 0.15) is 0 Å². The highest BCUT2D eigenvalue weighted by molar-refractivity contribution is 5.14. The summed E-state index contributed by atoms with van der Waals surface area (Å²) < 4.78 is 1.83. The van der Waals surface area contributed by atoms with Crippen molar-refractivity contribution in [2.45, 2.75) is 25.8 Å². The van der Waals surface area contributed by atoms with Gasteiger partial charge in [0, 0.05) is 12.6 Å². The lowest BCUT2D eigenvalue weighted by Crippen LogP contribution is -1.99. The van der Waals surface area contributed by atoms with Crippen LogP contribution in [0.2, 0.25) is 0 Å².